The first-order valence-corrected chi connectivity index (χ1v) is 7.16. The van der Waals surface area contributed by atoms with E-state index in [1.807, 2.05) is 24.3 Å². The molecule has 18 heavy (non-hydrogen) atoms. The molecule has 0 aromatic heterocycles. The molecule has 0 heterocycles. The second kappa shape index (κ2) is 6.23. The lowest BCUT2D eigenvalue weighted by molar-refractivity contribution is -0.143. The number of hydrogen-bond donors (Lipinski definition) is 2. The van der Waals surface area contributed by atoms with E-state index in [1.54, 1.807) is 0 Å². The van der Waals surface area contributed by atoms with Crippen LogP contribution in [0.1, 0.15) is 25.7 Å². The van der Waals surface area contributed by atoms with Crippen molar-refractivity contribution >= 4 is 27.6 Å². The summed E-state index contributed by atoms with van der Waals surface area (Å²) in [5, 5.41) is 12.4. The molecule has 1 aliphatic carbocycles. The second-order valence-corrected chi connectivity index (χ2v) is 5.86. The summed E-state index contributed by atoms with van der Waals surface area (Å²) in [6, 6.07) is 8.13. The molecule has 0 aliphatic heterocycles. The SMILES string of the molecule is O=C(O)C1CCC(CNc2ccc(Br)cc2)CC1. The number of hydrogen-bond acceptors (Lipinski definition) is 2. The zero-order chi connectivity index (χ0) is 13.0. The van der Waals surface area contributed by atoms with Gasteiger partial charge in [-0.3, -0.25) is 4.79 Å². The van der Waals surface area contributed by atoms with Crippen LogP contribution in [-0.2, 0) is 4.79 Å². The van der Waals surface area contributed by atoms with Gasteiger partial charge in [0.15, 0.2) is 0 Å². The van der Waals surface area contributed by atoms with Crippen molar-refractivity contribution in [1.29, 1.82) is 0 Å². The zero-order valence-electron chi connectivity index (χ0n) is 10.2. The van der Waals surface area contributed by atoms with Crippen LogP contribution in [0.25, 0.3) is 0 Å². The number of aliphatic carboxylic acids is 1. The summed E-state index contributed by atoms with van der Waals surface area (Å²) in [7, 11) is 0. The molecular formula is C14H18BrNO2. The maximum Gasteiger partial charge on any atom is 0.306 e. The van der Waals surface area contributed by atoms with Crippen LogP contribution in [0.3, 0.4) is 0 Å². The van der Waals surface area contributed by atoms with Crippen molar-refractivity contribution in [3.63, 3.8) is 0 Å². The molecule has 1 fully saturated rings. The van der Waals surface area contributed by atoms with E-state index >= 15 is 0 Å². The Morgan fingerprint density at radius 3 is 2.39 bits per heavy atom. The minimum absolute atomic E-state index is 0.117. The largest absolute Gasteiger partial charge is 0.481 e. The van der Waals surface area contributed by atoms with Gasteiger partial charge >= 0.3 is 5.97 Å². The van der Waals surface area contributed by atoms with Crippen LogP contribution in [0.15, 0.2) is 28.7 Å². The summed E-state index contributed by atoms with van der Waals surface area (Å²) >= 11 is 3.41. The molecule has 4 heteroatoms. The Bertz CT molecular complexity index is 397. The van der Waals surface area contributed by atoms with E-state index in [0.29, 0.717) is 5.92 Å². The van der Waals surface area contributed by atoms with Gasteiger partial charge in [0, 0.05) is 16.7 Å². The van der Waals surface area contributed by atoms with Gasteiger partial charge in [0.1, 0.15) is 0 Å². The molecule has 0 amide bonds. The summed E-state index contributed by atoms with van der Waals surface area (Å²) in [6.45, 7) is 0.938. The zero-order valence-corrected chi connectivity index (χ0v) is 11.8. The summed E-state index contributed by atoms with van der Waals surface area (Å²) in [5.41, 5.74) is 1.12. The summed E-state index contributed by atoms with van der Waals surface area (Å²) < 4.78 is 1.08. The molecule has 1 saturated carbocycles. The molecular weight excluding hydrogens is 294 g/mol. The fourth-order valence-corrected chi connectivity index (χ4v) is 2.71. The number of carbonyl (C=O) groups is 1. The van der Waals surface area contributed by atoms with Crippen molar-refractivity contribution in [2.75, 3.05) is 11.9 Å². The van der Waals surface area contributed by atoms with Gasteiger partial charge in [-0.2, -0.15) is 0 Å². The van der Waals surface area contributed by atoms with Gasteiger partial charge in [0.05, 0.1) is 5.92 Å². The van der Waals surface area contributed by atoms with Crippen LogP contribution in [0.4, 0.5) is 5.69 Å². The van der Waals surface area contributed by atoms with E-state index in [4.69, 9.17) is 5.11 Å². The van der Waals surface area contributed by atoms with Gasteiger partial charge in [0.25, 0.3) is 0 Å². The van der Waals surface area contributed by atoms with Crippen LogP contribution in [0, 0.1) is 11.8 Å². The van der Waals surface area contributed by atoms with E-state index in [-0.39, 0.29) is 5.92 Å². The topological polar surface area (TPSA) is 49.3 Å². The van der Waals surface area contributed by atoms with Gasteiger partial charge in [-0.25, -0.2) is 0 Å². The van der Waals surface area contributed by atoms with E-state index in [2.05, 4.69) is 21.2 Å². The number of rotatable bonds is 4. The molecule has 3 nitrogen and oxygen atoms in total. The van der Waals surface area contributed by atoms with Gasteiger partial charge in [-0.05, 0) is 55.9 Å². The molecule has 1 aromatic rings. The van der Waals surface area contributed by atoms with E-state index < -0.39 is 5.97 Å². The Kier molecular flexibility index (Phi) is 4.64. The van der Waals surface area contributed by atoms with Crippen LogP contribution in [0.2, 0.25) is 0 Å². The number of benzene rings is 1. The smallest absolute Gasteiger partial charge is 0.306 e. The molecule has 2 rings (SSSR count). The standard InChI is InChI=1S/C14H18BrNO2/c15-12-5-7-13(8-6-12)16-9-10-1-3-11(4-2-10)14(17)18/h5-8,10-11,16H,1-4,9H2,(H,17,18). The van der Waals surface area contributed by atoms with Gasteiger partial charge in [0.2, 0.25) is 0 Å². The highest BCUT2D eigenvalue weighted by molar-refractivity contribution is 9.10. The number of nitrogens with one attached hydrogen (secondary N) is 1. The highest BCUT2D eigenvalue weighted by Crippen LogP contribution is 2.29. The first kappa shape index (κ1) is 13.4. The second-order valence-electron chi connectivity index (χ2n) is 4.94. The first-order valence-electron chi connectivity index (χ1n) is 6.37. The van der Waals surface area contributed by atoms with Crippen molar-refractivity contribution < 1.29 is 9.90 Å². The van der Waals surface area contributed by atoms with Gasteiger partial charge in [-0.15, -0.1) is 0 Å². The lowest BCUT2D eigenvalue weighted by atomic mass is 9.82. The third kappa shape index (κ3) is 3.73. The Balaban J connectivity index is 1.75. The number of halogens is 1. The molecule has 0 bridgehead atoms. The number of carboxylic acids is 1. The minimum atomic E-state index is -0.630. The fraction of sp³-hybridized carbons (Fsp3) is 0.500. The van der Waals surface area contributed by atoms with E-state index in [9.17, 15) is 4.79 Å². The number of anilines is 1. The summed E-state index contributed by atoms with van der Waals surface area (Å²) in [4.78, 5) is 10.9. The number of carboxylic acid groups (broad SMARTS) is 1. The Labute approximate surface area is 116 Å². The third-order valence-electron chi connectivity index (χ3n) is 3.64. The highest BCUT2D eigenvalue weighted by Gasteiger charge is 2.25. The third-order valence-corrected chi connectivity index (χ3v) is 4.16. The van der Waals surface area contributed by atoms with Gasteiger partial charge in [-0.1, -0.05) is 15.9 Å². The Morgan fingerprint density at radius 2 is 1.83 bits per heavy atom. The maximum absolute atomic E-state index is 10.9. The average molecular weight is 312 g/mol. The molecule has 0 unspecified atom stereocenters. The molecule has 0 radical (unpaired) electrons. The van der Waals surface area contributed by atoms with Gasteiger partial charge < -0.3 is 10.4 Å². The van der Waals surface area contributed by atoms with Crippen molar-refractivity contribution in [1.82, 2.24) is 0 Å². The summed E-state index contributed by atoms with van der Waals surface area (Å²) in [5.74, 6) is -0.146. The Hall–Kier alpha value is -1.03. The molecule has 0 atom stereocenters. The van der Waals surface area contributed by atoms with E-state index in [1.165, 1.54) is 0 Å². The molecule has 0 saturated heterocycles. The maximum atomic E-state index is 10.9. The van der Waals surface area contributed by atoms with E-state index in [0.717, 1.165) is 42.4 Å². The molecule has 0 spiro atoms. The molecule has 1 aliphatic rings. The quantitative estimate of drug-likeness (QED) is 0.890. The van der Waals surface area contributed by atoms with Crippen LogP contribution in [-0.4, -0.2) is 17.6 Å². The molecule has 1 aromatic carbocycles. The normalized spacial score (nSPS) is 23.6. The van der Waals surface area contributed by atoms with Crippen LogP contribution >= 0.6 is 15.9 Å². The lowest BCUT2D eigenvalue weighted by Crippen LogP contribution is -2.25. The monoisotopic (exact) mass is 311 g/mol. The average Bonchev–Trinajstić information content (AvgIpc) is 2.38. The fourth-order valence-electron chi connectivity index (χ4n) is 2.44. The predicted molar refractivity (Wildman–Crippen MR) is 75.7 cm³/mol. The minimum Gasteiger partial charge on any atom is -0.481 e. The van der Waals surface area contributed by atoms with Crippen molar-refractivity contribution in [2.24, 2.45) is 11.8 Å². The predicted octanol–water partition coefficient (Wildman–Crippen LogP) is 3.75. The van der Waals surface area contributed by atoms with Crippen LogP contribution in [0.5, 0.6) is 0 Å². The highest BCUT2D eigenvalue weighted by atomic mass is 79.9. The lowest BCUT2D eigenvalue weighted by Gasteiger charge is -2.26. The molecule has 2 N–H and O–H groups in total. The molecule has 98 valence electrons. The Morgan fingerprint density at radius 1 is 1.22 bits per heavy atom. The summed E-state index contributed by atoms with van der Waals surface area (Å²) in [6.07, 6.45) is 3.67. The van der Waals surface area contributed by atoms with Crippen molar-refractivity contribution in [3.05, 3.63) is 28.7 Å². The van der Waals surface area contributed by atoms with Crippen molar-refractivity contribution in [2.45, 2.75) is 25.7 Å². The first-order chi connectivity index (χ1) is 8.65. The van der Waals surface area contributed by atoms with Crippen LogP contribution < -0.4 is 5.32 Å². The van der Waals surface area contributed by atoms with Crippen molar-refractivity contribution in [3.8, 4) is 0 Å².